The van der Waals surface area contributed by atoms with Gasteiger partial charge < -0.3 is 10.4 Å². The summed E-state index contributed by atoms with van der Waals surface area (Å²) in [5.74, 6) is 0.317. The number of para-hydroxylation sites is 1. The highest BCUT2D eigenvalue weighted by Gasteiger charge is 2.41. The molecule has 1 saturated carbocycles. The molecule has 1 aliphatic rings. The maximum absolute atomic E-state index is 11.1. The van der Waals surface area contributed by atoms with Crippen LogP contribution in [0.5, 0.6) is 0 Å². The van der Waals surface area contributed by atoms with Crippen molar-refractivity contribution in [2.24, 2.45) is 5.92 Å². The van der Waals surface area contributed by atoms with Crippen molar-refractivity contribution in [2.45, 2.75) is 38.3 Å². The van der Waals surface area contributed by atoms with E-state index in [2.05, 4.69) is 48.6 Å². The maximum atomic E-state index is 11.1. The van der Waals surface area contributed by atoms with Gasteiger partial charge in [0.1, 0.15) is 0 Å². The molecule has 3 rings (SSSR count). The van der Waals surface area contributed by atoms with Crippen LogP contribution in [0.1, 0.15) is 37.3 Å². The van der Waals surface area contributed by atoms with Gasteiger partial charge in [0.25, 0.3) is 0 Å². The minimum absolute atomic E-state index is 0.317. The van der Waals surface area contributed by atoms with Crippen molar-refractivity contribution in [1.82, 2.24) is 0 Å². The zero-order chi connectivity index (χ0) is 14.7. The van der Waals surface area contributed by atoms with Crippen LogP contribution in [-0.4, -0.2) is 5.11 Å². The van der Waals surface area contributed by atoms with Gasteiger partial charge in [0.05, 0.1) is 5.60 Å². The van der Waals surface area contributed by atoms with Crippen LogP contribution in [-0.2, 0) is 12.1 Å². The molecular weight excluding hydrogens is 258 g/mol. The zero-order valence-corrected chi connectivity index (χ0v) is 12.5. The average Bonchev–Trinajstić information content (AvgIpc) is 2.87. The molecule has 2 atom stereocenters. The van der Waals surface area contributed by atoms with E-state index in [0.717, 1.165) is 37.1 Å². The molecule has 0 bridgehead atoms. The minimum Gasteiger partial charge on any atom is -0.385 e. The van der Waals surface area contributed by atoms with Crippen LogP contribution in [0.15, 0.2) is 54.6 Å². The average molecular weight is 281 g/mol. The summed E-state index contributed by atoms with van der Waals surface area (Å²) in [7, 11) is 0. The first-order valence-electron chi connectivity index (χ1n) is 7.80. The highest BCUT2D eigenvalue weighted by Crippen LogP contribution is 2.45. The number of aliphatic hydroxyl groups is 1. The lowest BCUT2D eigenvalue weighted by Crippen LogP contribution is -2.29. The van der Waals surface area contributed by atoms with Crippen molar-refractivity contribution in [3.8, 4) is 0 Å². The van der Waals surface area contributed by atoms with Crippen LogP contribution >= 0.6 is 0 Å². The Hall–Kier alpha value is -1.80. The van der Waals surface area contributed by atoms with Gasteiger partial charge in [0.2, 0.25) is 0 Å². The van der Waals surface area contributed by atoms with E-state index in [1.165, 1.54) is 5.56 Å². The topological polar surface area (TPSA) is 32.3 Å². The summed E-state index contributed by atoms with van der Waals surface area (Å²) >= 11 is 0. The third-order valence-electron chi connectivity index (χ3n) is 4.73. The molecule has 2 nitrogen and oxygen atoms in total. The highest BCUT2D eigenvalue weighted by molar-refractivity contribution is 5.54. The van der Waals surface area contributed by atoms with Crippen molar-refractivity contribution < 1.29 is 5.11 Å². The van der Waals surface area contributed by atoms with E-state index in [1.807, 2.05) is 18.2 Å². The van der Waals surface area contributed by atoms with Gasteiger partial charge in [-0.2, -0.15) is 0 Å². The standard InChI is InChI=1S/C19H23NO/c1-15-8-7-13-19(15,21)17-11-5-6-12-18(17)20-14-16-9-3-2-4-10-16/h2-6,9-12,15,20-21H,7-8,13-14H2,1H3/t15-,19+/m0/s1. The van der Waals surface area contributed by atoms with Crippen LogP contribution in [0.4, 0.5) is 5.69 Å². The van der Waals surface area contributed by atoms with Gasteiger partial charge >= 0.3 is 0 Å². The Bertz CT molecular complexity index is 596. The van der Waals surface area contributed by atoms with Gasteiger partial charge in [0, 0.05) is 17.8 Å². The lowest BCUT2D eigenvalue weighted by molar-refractivity contribution is 0.00515. The third kappa shape index (κ3) is 2.81. The molecule has 110 valence electrons. The summed E-state index contributed by atoms with van der Waals surface area (Å²) in [6.07, 6.45) is 3.06. The van der Waals surface area contributed by atoms with E-state index >= 15 is 0 Å². The van der Waals surface area contributed by atoms with Crippen molar-refractivity contribution in [3.05, 3.63) is 65.7 Å². The largest absolute Gasteiger partial charge is 0.385 e. The molecule has 0 saturated heterocycles. The predicted octanol–water partition coefficient (Wildman–Crippen LogP) is 4.31. The van der Waals surface area contributed by atoms with E-state index in [-0.39, 0.29) is 0 Å². The molecule has 0 spiro atoms. The molecule has 0 radical (unpaired) electrons. The molecule has 2 heteroatoms. The molecule has 2 aromatic carbocycles. The molecule has 1 aliphatic carbocycles. The van der Waals surface area contributed by atoms with Crippen LogP contribution in [0, 0.1) is 5.92 Å². The van der Waals surface area contributed by atoms with Crippen LogP contribution in [0.2, 0.25) is 0 Å². The first-order valence-corrected chi connectivity index (χ1v) is 7.80. The number of hydrogen-bond donors (Lipinski definition) is 2. The maximum Gasteiger partial charge on any atom is 0.0941 e. The second kappa shape index (κ2) is 5.90. The van der Waals surface area contributed by atoms with Gasteiger partial charge in [-0.15, -0.1) is 0 Å². The molecule has 0 aliphatic heterocycles. The fourth-order valence-electron chi connectivity index (χ4n) is 3.37. The summed E-state index contributed by atoms with van der Waals surface area (Å²) in [4.78, 5) is 0. The fraction of sp³-hybridized carbons (Fsp3) is 0.368. The Labute approximate surface area is 126 Å². The number of benzene rings is 2. The second-order valence-electron chi connectivity index (χ2n) is 6.10. The zero-order valence-electron chi connectivity index (χ0n) is 12.5. The Morgan fingerprint density at radius 1 is 1.10 bits per heavy atom. The van der Waals surface area contributed by atoms with E-state index in [0.29, 0.717) is 5.92 Å². The summed E-state index contributed by atoms with van der Waals surface area (Å²) in [5, 5.41) is 14.6. The summed E-state index contributed by atoms with van der Waals surface area (Å²) in [6, 6.07) is 18.5. The van der Waals surface area contributed by atoms with Crippen LogP contribution in [0.25, 0.3) is 0 Å². The Morgan fingerprint density at radius 3 is 2.52 bits per heavy atom. The highest BCUT2D eigenvalue weighted by atomic mass is 16.3. The second-order valence-corrected chi connectivity index (χ2v) is 6.10. The summed E-state index contributed by atoms with van der Waals surface area (Å²) < 4.78 is 0. The number of anilines is 1. The Kier molecular flexibility index (Phi) is 3.98. The van der Waals surface area contributed by atoms with Crippen molar-refractivity contribution in [2.75, 3.05) is 5.32 Å². The molecule has 2 N–H and O–H groups in total. The van der Waals surface area contributed by atoms with Gasteiger partial charge in [0.15, 0.2) is 0 Å². The van der Waals surface area contributed by atoms with Crippen molar-refractivity contribution in [3.63, 3.8) is 0 Å². The molecule has 21 heavy (non-hydrogen) atoms. The quantitative estimate of drug-likeness (QED) is 0.875. The molecule has 1 fully saturated rings. The molecule has 0 heterocycles. The smallest absolute Gasteiger partial charge is 0.0941 e. The normalized spacial score (nSPS) is 25.0. The lowest BCUT2D eigenvalue weighted by Gasteiger charge is -2.30. The number of rotatable bonds is 4. The summed E-state index contributed by atoms with van der Waals surface area (Å²) in [5.41, 5.74) is 2.67. The SMILES string of the molecule is C[C@H]1CCC[C@]1(O)c1ccccc1NCc1ccccc1. The van der Waals surface area contributed by atoms with Crippen molar-refractivity contribution >= 4 is 5.69 Å². The first-order chi connectivity index (χ1) is 10.2. The van der Waals surface area contributed by atoms with Gasteiger partial charge in [-0.05, 0) is 36.8 Å². The minimum atomic E-state index is -0.680. The Morgan fingerprint density at radius 2 is 1.81 bits per heavy atom. The van der Waals surface area contributed by atoms with E-state index < -0.39 is 5.60 Å². The van der Waals surface area contributed by atoms with Crippen LogP contribution < -0.4 is 5.32 Å². The van der Waals surface area contributed by atoms with E-state index in [4.69, 9.17) is 0 Å². The van der Waals surface area contributed by atoms with E-state index in [9.17, 15) is 5.11 Å². The van der Waals surface area contributed by atoms with E-state index in [1.54, 1.807) is 0 Å². The molecular formula is C19H23NO. The third-order valence-corrected chi connectivity index (χ3v) is 4.73. The van der Waals surface area contributed by atoms with Crippen LogP contribution in [0.3, 0.4) is 0 Å². The monoisotopic (exact) mass is 281 g/mol. The van der Waals surface area contributed by atoms with Gasteiger partial charge in [-0.25, -0.2) is 0 Å². The Balaban J connectivity index is 1.83. The fourth-order valence-corrected chi connectivity index (χ4v) is 3.37. The predicted molar refractivity (Wildman–Crippen MR) is 87.1 cm³/mol. The van der Waals surface area contributed by atoms with Crippen molar-refractivity contribution in [1.29, 1.82) is 0 Å². The van der Waals surface area contributed by atoms with Gasteiger partial charge in [-0.1, -0.05) is 55.5 Å². The molecule has 0 unspecified atom stereocenters. The first kappa shape index (κ1) is 14.2. The molecule has 0 amide bonds. The number of hydrogen-bond acceptors (Lipinski definition) is 2. The summed E-state index contributed by atoms with van der Waals surface area (Å²) in [6.45, 7) is 2.93. The lowest BCUT2D eigenvalue weighted by atomic mass is 9.84. The molecule has 2 aromatic rings. The number of nitrogens with one attached hydrogen (secondary N) is 1. The van der Waals surface area contributed by atoms with Gasteiger partial charge in [-0.3, -0.25) is 0 Å². The molecule has 0 aromatic heterocycles.